The van der Waals surface area contributed by atoms with Crippen LogP contribution in [0.2, 0.25) is 0 Å². The fraction of sp³-hybridized carbons (Fsp3) is 0.667. The highest BCUT2D eigenvalue weighted by Gasteiger charge is 2.30. The van der Waals surface area contributed by atoms with E-state index in [1.54, 1.807) is 34.6 Å². The van der Waals surface area contributed by atoms with Crippen molar-refractivity contribution in [3.05, 3.63) is 22.8 Å². The lowest BCUT2D eigenvalue weighted by molar-refractivity contribution is -0.147. The molecule has 0 aromatic heterocycles. The van der Waals surface area contributed by atoms with Gasteiger partial charge in [-0.15, -0.1) is 0 Å². The molecule has 7 heteroatoms. The van der Waals surface area contributed by atoms with Gasteiger partial charge in [0.2, 0.25) is 0 Å². The summed E-state index contributed by atoms with van der Waals surface area (Å²) in [5, 5.41) is 23.3. The van der Waals surface area contributed by atoms with Crippen LogP contribution < -0.4 is 5.32 Å². The van der Waals surface area contributed by atoms with E-state index in [9.17, 15) is 19.8 Å². The molecule has 1 aromatic rings. The molecule has 3 N–H and O–H groups in total. The summed E-state index contributed by atoms with van der Waals surface area (Å²) < 4.78 is 10.7. The van der Waals surface area contributed by atoms with Crippen molar-refractivity contribution in [3.8, 4) is 11.5 Å². The van der Waals surface area contributed by atoms with Crippen molar-refractivity contribution in [1.29, 1.82) is 0 Å². The van der Waals surface area contributed by atoms with Gasteiger partial charge in [-0.1, -0.05) is 27.7 Å². The smallest absolute Gasteiger partial charge is 0.408 e. The monoisotopic (exact) mass is 437 g/mol. The van der Waals surface area contributed by atoms with Gasteiger partial charge in [-0.05, 0) is 76.0 Å². The number of esters is 1. The zero-order valence-electron chi connectivity index (χ0n) is 20.4. The second-order valence-corrected chi connectivity index (χ2v) is 10.2. The first-order valence-electron chi connectivity index (χ1n) is 10.7. The summed E-state index contributed by atoms with van der Waals surface area (Å²) in [5.74, 6) is -0.105. The van der Waals surface area contributed by atoms with Crippen LogP contribution in [0.3, 0.4) is 0 Å². The van der Waals surface area contributed by atoms with Crippen LogP contribution in [0.5, 0.6) is 11.5 Å². The number of phenols is 2. The number of nitrogens with one attached hydrogen (secondary N) is 1. The summed E-state index contributed by atoms with van der Waals surface area (Å²) in [6, 6.07) is 0.728. The Morgan fingerprint density at radius 2 is 1.68 bits per heavy atom. The molecule has 1 rings (SSSR count). The van der Waals surface area contributed by atoms with Crippen molar-refractivity contribution < 1.29 is 29.3 Å². The Bertz CT molecular complexity index is 792. The molecule has 0 aliphatic heterocycles. The van der Waals surface area contributed by atoms with Crippen LogP contribution in [-0.2, 0) is 19.7 Å². The van der Waals surface area contributed by atoms with Gasteiger partial charge in [0.1, 0.15) is 23.1 Å². The molecule has 1 aromatic carbocycles. The molecule has 7 nitrogen and oxygen atoms in total. The first-order chi connectivity index (χ1) is 14.0. The number of hydrogen-bond donors (Lipinski definition) is 3. The molecule has 0 spiro atoms. The number of aryl methyl sites for hydroxylation is 1. The lowest BCUT2D eigenvalue weighted by Crippen LogP contribution is -2.45. The summed E-state index contributed by atoms with van der Waals surface area (Å²) in [7, 11) is 0. The highest BCUT2D eigenvalue weighted by atomic mass is 16.6. The Kier molecular flexibility index (Phi) is 8.79. The molecule has 0 saturated heterocycles. The van der Waals surface area contributed by atoms with Crippen LogP contribution in [0.15, 0.2) is 6.07 Å². The second kappa shape index (κ2) is 10.2. The molecule has 1 atom stereocenters. The molecule has 0 aliphatic rings. The fourth-order valence-corrected chi connectivity index (χ4v) is 3.57. The Morgan fingerprint density at radius 3 is 2.19 bits per heavy atom. The van der Waals surface area contributed by atoms with Crippen molar-refractivity contribution in [2.75, 3.05) is 6.61 Å². The number of ether oxygens (including phenoxy) is 2. The van der Waals surface area contributed by atoms with Gasteiger partial charge in [-0.25, -0.2) is 9.59 Å². The Labute approximate surface area is 186 Å². The minimum atomic E-state index is -0.809. The second-order valence-electron chi connectivity index (χ2n) is 10.2. The van der Waals surface area contributed by atoms with Gasteiger partial charge in [0.25, 0.3) is 0 Å². The summed E-state index contributed by atoms with van der Waals surface area (Å²) >= 11 is 0. The summed E-state index contributed by atoms with van der Waals surface area (Å²) in [6.07, 6.45) is 0.190. The van der Waals surface area contributed by atoms with Crippen molar-refractivity contribution in [3.63, 3.8) is 0 Å². The van der Waals surface area contributed by atoms with Gasteiger partial charge in [0.05, 0.1) is 6.61 Å². The standard InChI is InChI=1S/C24H39NO6/c1-14(2)12-17(25-22(29)31-23(5,6)7)21(28)30-11-10-24(8,9)19-16(4)20(27)15(3)13-18(19)26/h13-14,17,26-27H,10-12H2,1-9H3,(H,25,29)/t17-/m0/s1. The Balaban J connectivity index is 2.84. The zero-order chi connectivity index (χ0) is 24.1. The first kappa shape index (κ1) is 26.6. The highest BCUT2D eigenvalue weighted by Crippen LogP contribution is 2.41. The van der Waals surface area contributed by atoms with Crippen LogP contribution in [0.25, 0.3) is 0 Å². The third-order valence-corrected chi connectivity index (χ3v) is 5.04. The SMILES string of the molecule is Cc1cc(O)c(C(C)(C)CCOC(=O)[C@H](CC(C)C)NC(=O)OC(C)(C)C)c(C)c1O. The van der Waals surface area contributed by atoms with Crippen LogP contribution in [0.4, 0.5) is 4.79 Å². The average molecular weight is 438 g/mol. The van der Waals surface area contributed by atoms with Crippen LogP contribution >= 0.6 is 0 Å². The molecule has 0 heterocycles. The number of phenolic OH excluding ortho intramolecular Hbond substituents is 2. The van der Waals surface area contributed by atoms with Gasteiger partial charge in [-0.3, -0.25) is 0 Å². The molecule has 0 aliphatic carbocycles. The first-order valence-corrected chi connectivity index (χ1v) is 10.7. The van der Waals surface area contributed by atoms with E-state index in [-0.39, 0.29) is 24.0 Å². The van der Waals surface area contributed by atoms with Gasteiger partial charge in [0.15, 0.2) is 0 Å². The van der Waals surface area contributed by atoms with E-state index in [2.05, 4.69) is 5.32 Å². The molecule has 0 saturated carbocycles. The zero-order valence-corrected chi connectivity index (χ0v) is 20.4. The van der Waals surface area contributed by atoms with Gasteiger partial charge in [-0.2, -0.15) is 0 Å². The molecule has 0 radical (unpaired) electrons. The third-order valence-electron chi connectivity index (χ3n) is 5.04. The quantitative estimate of drug-likeness (QED) is 0.396. The maximum atomic E-state index is 12.7. The molecule has 0 fully saturated rings. The van der Waals surface area contributed by atoms with Crippen molar-refractivity contribution in [2.45, 2.75) is 92.2 Å². The number of alkyl carbamates (subject to hydrolysis) is 1. The van der Waals surface area contributed by atoms with E-state index in [1.807, 2.05) is 27.7 Å². The summed E-state index contributed by atoms with van der Waals surface area (Å²) in [5.41, 5.74) is 0.618. The number of carbonyl (C=O) groups excluding carboxylic acids is 2. The van der Waals surface area contributed by atoms with Crippen LogP contribution in [0, 0.1) is 19.8 Å². The predicted octanol–water partition coefficient (Wildman–Crippen LogP) is 4.86. The predicted molar refractivity (Wildman–Crippen MR) is 120 cm³/mol. The number of carbonyl (C=O) groups is 2. The Morgan fingerprint density at radius 1 is 1.10 bits per heavy atom. The van der Waals surface area contributed by atoms with E-state index in [1.165, 1.54) is 6.07 Å². The van der Waals surface area contributed by atoms with E-state index < -0.39 is 29.1 Å². The lowest BCUT2D eigenvalue weighted by Gasteiger charge is -2.29. The molecule has 176 valence electrons. The lowest BCUT2D eigenvalue weighted by atomic mass is 9.78. The van der Waals surface area contributed by atoms with Crippen LogP contribution in [-0.4, -0.2) is 40.5 Å². The van der Waals surface area contributed by atoms with E-state index >= 15 is 0 Å². The number of rotatable bonds is 8. The number of aromatic hydroxyl groups is 2. The van der Waals surface area contributed by atoms with Crippen molar-refractivity contribution >= 4 is 12.1 Å². The fourth-order valence-electron chi connectivity index (χ4n) is 3.57. The van der Waals surface area contributed by atoms with E-state index in [0.29, 0.717) is 29.5 Å². The van der Waals surface area contributed by atoms with Gasteiger partial charge < -0.3 is 25.0 Å². The maximum absolute atomic E-state index is 12.7. The summed E-state index contributed by atoms with van der Waals surface area (Å²) in [4.78, 5) is 24.8. The highest BCUT2D eigenvalue weighted by molar-refractivity contribution is 5.81. The van der Waals surface area contributed by atoms with E-state index in [0.717, 1.165) is 0 Å². The minimum absolute atomic E-state index is 0.101. The number of benzene rings is 1. The Hall–Kier alpha value is -2.44. The molecular formula is C24H39NO6. The molecular weight excluding hydrogens is 398 g/mol. The van der Waals surface area contributed by atoms with Gasteiger partial charge >= 0.3 is 12.1 Å². The third kappa shape index (κ3) is 7.96. The maximum Gasteiger partial charge on any atom is 0.408 e. The topological polar surface area (TPSA) is 105 Å². The number of hydrogen-bond acceptors (Lipinski definition) is 6. The normalized spacial score (nSPS) is 13.1. The largest absolute Gasteiger partial charge is 0.508 e. The minimum Gasteiger partial charge on any atom is -0.508 e. The van der Waals surface area contributed by atoms with Crippen LogP contribution in [0.1, 0.15) is 78.0 Å². The average Bonchev–Trinajstić information content (AvgIpc) is 2.56. The van der Waals surface area contributed by atoms with Gasteiger partial charge in [0, 0.05) is 5.56 Å². The molecule has 31 heavy (non-hydrogen) atoms. The van der Waals surface area contributed by atoms with Crippen molar-refractivity contribution in [1.82, 2.24) is 5.32 Å². The summed E-state index contributed by atoms with van der Waals surface area (Å²) in [6.45, 7) is 16.6. The van der Waals surface area contributed by atoms with Crippen molar-refractivity contribution in [2.24, 2.45) is 5.92 Å². The number of amides is 1. The molecule has 0 unspecified atom stereocenters. The molecule has 0 bridgehead atoms. The van der Waals surface area contributed by atoms with E-state index in [4.69, 9.17) is 9.47 Å². The molecule has 1 amide bonds.